The molecule has 1 aromatic rings. The van der Waals surface area contributed by atoms with Gasteiger partial charge in [-0.25, -0.2) is 0 Å². The Bertz CT molecular complexity index is 457. The van der Waals surface area contributed by atoms with Crippen molar-refractivity contribution in [3.05, 3.63) is 35.9 Å². The number of aliphatic carboxylic acids is 1. The molecule has 20 heavy (non-hydrogen) atoms. The van der Waals surface area contributed by atoms with E-state index in [2.05, 4.69) is 0 Å². The van der Waals surface area contributed by atoms with E-state index in [4.69, 9.17) is 10.8 Å². The Morgan fingerprint density at radius 3 is 2.30 bits per heavy atom. The number of hydrogen-bond acceptors (Lipinski definition) is 3. The van der Waals surface area contributed by atoms with Crippen molar-refractivity contribution < 1.29 is 19.5 Å². The molecule has 0 saturated carbocycles. The number of carbonyl (C=O) groups excluding carboxylic acids is 2. The summed E-state index contributed by atoms with van der Waals surface area (Å²) in [7, 11) is 0. The highest BCUT2D eigenvalue weighted by atomic mass is 16.4. The molecule has 0 atom stereocenters. The van der Waals surface area contributed by atoms with Crippen LogP contribution in [0.4, 0.5) is 0 Å². The van der Waals surface area contributed by atoms with E-state index in [1.165, 1.54) is 0 Å². The highest BCUT2D eigenvalue weighted by Gasteiger charge is 2.18. The number of nitrogens with zero attached hydrogens (tertiary/aromatic N) is 1. The fourth-order valence-electron chi connectivity index (χ4n) is 1.83. The maximum atomic E-state index is 11.9. The smallest absolute Gasteiger partial charge is 0.323 e. The Morgan fingerprint density at radius 1 is 1.10 bits per heavy atom. The quantitative estimate of drug-likeness (QED) is 0.719. The first-order chi connectivity index (χ1) is 9.49. The molecule has 3 N–H and O–H groups in total. The Labute approximate surface area is 117 Å². The van der Waals surface area contributed by atoms with Crippen molar-refractivity contribution in [2.45, 2.75) is 19.3 Å². The van der Waals surface area contributed by atoms with Crippen LogP contribution < -0.4 is 5.73 Å². The number of carboxylic acids is 1. The highest BCUT2D eigenvalue weighted by molar-refractivity contribution is 5.86. The second-order valence-electron chi connectivity index (χ2n) is 4.45. The number of nitrogens with two attached hydrogens (primary N) is 1. The predicted molar refractivity (Wildman–Crippen MR) is 72.8 cm³/mol. The lowest BCUT2D eigenvalue weighted by Gasteiger charge is -2.18. The monoisotopic (exact) mass is 278 g/mol. The summed E-state index contributed by atoms with van der Waals surface area (Å²) in [6, 6.07) is 9.67. The van der Waals surface area contributed by atoms with Crippen molar-refractivity contribution in [2.24, 2.45) is 5.73 Å². The van der Waals surface area contributed by atoms with Gasteiger partial charge in [0.1, 0.15) is 6.54 Å². The molecule has 0 aliphatic heterocycles. The molecule has 6 nitrogen and oxygen atoms in total. The molecule has 0 unspecified atom stereocenters. The summed E-state index contributed by atoms with van der Waals surface area (Å²) in [6.07, 6.45) is 1.51. The van der Waals surface area contributed by atoms with Crippen LogP contribution in [0, 0.1) is 0 Å². The summed E-state index contributed by atoms with van der Waals surface area (Å²) in [6.45, 7) is -0.871. The molecule has 6 heteroatoms. The number of aryl methyl sites for hydroxylation is 1. The molecular formula is C14H18N2O4. The Hall–Kier alpha value is -2.37. The van der Waals surface area contributed by atoms with Gasteiger partial charge in [-0.1, -0.05) is 30.3 Å². The molecule has 0 spiro atoms. The van der Waals surface area contributed by atoms with E-state index < -0.39 is 18.4 Å². The van der Waals surface area contributed by atoms with Crippen molar-refractivity contribution in [3.63, 3.8) is 0 Å². The topological polar surface area (TPSA) is 101 Å². The van der Waals surface area contributed by atoms with Crippen LogP contribution in [-0.2, 0) is 20.8 Å². The second-order valence-corrected chi connectivity index (χ2v) is 4.45. The number of primary amides is 1. The molecule has 108 valence electrons. The molecule has 1 aromatic carbocycles. The van der Waals surface area contributed by atoms with Crippen molar-refractivity contribution in [1.82, 2.24) is 4.90 Å². The van der Waals surface area contributed by atoms with Gasteiger partial charge >= 0.3 is 5.97 Å². The molecule has 0 saturated heterocycles. The zero-order chi connectivity index (χ0) is 15.0. The lowest BCUT2D eigenvalue weighted by Crippen LogP contribution is -2.41. The van der Waals surface area contributed by atoms with E-state index in [1.807, 2.05) is 30.3 Å². The molecular weight excluding hydrogens is 260 g/mol. The normalized spacial score (nSPS) is 10.0. The zero-order valence-electron chi connectivity index (χ0n) is 11.1. The predicted octanol–water partition coefficient (Wildman–Crippen LogP) is 0.408. The van der Waals surface area contributed by atoms with Crippen LogP contribution in [0.1, 0.15) is 18.4 Å². The fraction of sp³-hybridized carbons (Fsp3) is 0.357. The summed E-state index contributed by atoms with van der Waals surface area (Å²) in [5, 5.41) is 8.70. The van der Waals surface area contributed by atoms with Crippen LogP contribution in [0.5, 0.6) is 0 Å². The first-order valence-electron chi connectivity index (χ1n) is 6.31. The number of hydrogen-bond donors (Lipinski definition) is 2. The molecule has 0 aliphatic rings. The van der Waals surface area contributed by atoms with Gasteiger partial charge in [0, 0.05) is 6.42 Å². The summed E-state index contributed by atoms with van der Waals surface area (Å²) < 4.78 is 0. The van der Waals surface area contributed by atoms with Gasteiger partial charge in [-0.15, -0.1) is 0 Å². The van der Waals surface area contributed by atoms with Crippen LogP contribution in [-0.4, -0.2) is 40.9 Å². The first kappa shape index (κ1) is 15.7. The Morgan fingerprint density at radius 2 is 1.75 bits per heavy atom. The van der Waals surface area contributed by atoms with E-state index >= 15 is 0 Å². The molecule has 0 fully saturated rings. The van der Waals surface area contributed by atoms with Crippen molar-refractivity contribution in [1.29, 1.82) is 0 Å². The van der Waals surface area contributed by atoms with E-state index in [9.17, 15) is 14.4 Å². The van der Waals surface area contributed by atoms with Crippen molar-refractivity contribution >= 4 is 17.8 Å². The van der Waals surface area contributed by atoms with Gasteiger partial charge in [-0.3, -0.25) is 14.4 Å². The van der Waals surface area contributed by atoms with E-state index in [0.29, 0.717) is 6.42 Å². The standard InChI is InChI=1S/C14H18N2O4/c15-12(17)9-16(10-14(19)20)13(18)8-4-7-11-5-2-1-3-6-11/h1-3,5-6H,4,7-10H2,(H2,15,17)(H,19,20). The van der Waals surface area contributed by atoms with E-state index in [0.717, 1.165) is 16.9 Å². The van der Waals surface area contributed by atoms with Gasteiger partial charge in [-0.05, 0) is 18.4 Å². The average Bonchev–Trinajstić information content (AvgIpc) is 2.38. The number of amides is 2. The fourth-order valence-corrected chi connectivity index (χ4v) is 1.83. The van der Waals surface area contributed by atoms with Gasteiger partial charge < -0.3 is 15.7 Å². The minimum Gasteiger partial charge on any atom is -0.480 e. The van der Waals surface area contributed by atoms with Crippen LogP contribution in [0.3, 0.4) is 0 Å². The molecule has 1 rings (SSSR count). The van der Waals surface area contributed by atoms with Gasteiger partial charge in [-0.2, -0.15) is 0 Å². The third-order valence-electron chi connectivity index (χ3n) is 2.72. The third kappa shape index (κ3) is 5.99. The van der Waals surface area contributed by atoms with Gasteiger partial charge in [0.25, 0.3) is 0 Å². The Balaban J connectivity index is 2.45. The van der Waals surface area contributed by atoms with E-state index in [1.54, 1.807) is 0 Å². The summed E-state index contributed by atoms with van der Waals surface area (Å²) in [4.78, 5) is 34.3. The molecule has 0 bridgehead atoms. The summed E-state index contributed by atoms with van der Waals surface area (Å²) in [5.74, 6) is -2.26. The van der Waals surface area contributed by atoms with Crippen LogP contribution >= 0.6 is 0 Å². The summed E-state index contributed by atoms with van der Waals surface area (Å²) >= 11 is 0. The Kier molecular flexibility index (Phi) is 6.22. The first-order valence-corrected chi connectivity index (χ1v) is 6.31. The largest absolute Gasteiger partial charge is 0.480 e. The number of carboxylic acid groups (broad SMARTS) is 1. The molecule has 0 radical (unpaired) electrons. The van der Waals surface area contributed by atoms with Gasteiger partial charge in [0.15, 0.2) is 0 Å². The van der Waals surface area contributed by atoms with Gasteiger partial charge in [0.2, 0.25) is 11.8 Å². The molecule has 2 amide bonds. The minimum absolute atomic E-state index is 0.190. The van der Waals surface area contributed by atoms with Crippen molar-refractivity contribution in [3.8, 4) is 0 Å². The van der Waals surface area contributed by atoms with Crippen LogP contribution in [0.25, 0.3) is 0 Å². The number of carbonyl (C=O) groups is 3. The number of rotatable bonds is 8. The van der Waals surface area contributed by atoms with E-state index in [-0.39, 0.29) is 18.9 Å². The van der Waals surface area contributed by atoms with Crippen molar-refractivity contribution in [2.75, 3.05) is 13.1 Å². The lowest BCUT2D eigenvalue weighted by atomic mass is 10.1. The third-order valence-corrected chi connectivity index (χ3v) is 2.72. The lowest BCUT2D eigenvalue weighted by molar-refractivity contribution is -0.145. The SMILES string of the molecule is NC(=O)CN(CC(=O)O)C(=O)CCCc1ccccc1. The minimum atomic E-state index is -1.16. The van der Waals surface area contributed by atoms with Crippen LogP contribution in [0.15, 0.2) is 30.3 Å². The molecule has 0 aliphatic carbocycles. The number of benzene rings is 1. The van der Waals surface area contributed by atoms with Crippen LogP contribution in [0.2, 0.25) is 0 Å². The maximum Gasteiger partial charge on any atom is 0.323 e. The average molecular weight is 278 g/mol. The second kappa shape index (κ2) is 7.93. The maximum absolute atomic E-state index is 11.9. The molecule has 0 heterocycles. The highest BCUT2D eigenvalue weighted by Crippen LogP contribution is 2.06. The summed E-state index contributed by atoms with van der Waals surface area (Å²) in [5.41, 5.74) is 6.11. The molecule has 0 aromatic heterocycles. The van der Waals surface area contributed by atoms with Gasteiger partial charge in [0.05, 0.1) is 6.54 Å². The zero-order valence-corrected chi connectivity index (χ0v) is 11.1.